The van der Waals surface area contributed by atoms with Gasteiger partial charge in [0.2, 0.25) is 0 Å². The van der Waals surface area contributed by atoms with Gasteiger partial charge in [-0.3, -0.25) is 0 Å². The van der Waals surface area contributed by atoms with Gasteiger partial charge in [0, 0.05) is 16.7 Å². The lowest BCUT2D eigenvalue weighted by molar-refractivity contribution is 0.217. The summed E-state index contributed by atoms with van der Waals surface area (Å²) in [5.74, 6) is -0.301. The van der Waals surface area contributed by atoms with Gasteiger partial charge >= 0.3 is 6.03 Å². The summed E-state index contributed by atoms with van der Waals surface area (Å²) in [4.78, 5) is 13.4. The van der Waals surface area contributed by atoms with E-state index in [-0.39, 0.29) is 11.8 Å². The van der Waals surface area contributed by atoms with Crippen LogP contribution in [0.5, 0.6) is 0 Å². The third-order valence-corrected chi connectivity index (χ3v) is 3.12. The summed E-state index contributed by atoms with van der Waals surface area (Å²) in [5, 5.41) is 2.75. The molecular weight excluding hydrogens is 322 g/mol. The largest absolute Gasteiger partial charge is 0.325 e. The van der Waals surface area contributed by atoms with Crippen molar-refractivity contribution in [3.8, 4) is 0 Å². The molecule has 2 amide bonds. The maximum atomic E-state index is 12.8. The van der Waals surface area contributed by atoms with Crippen LogP contribution in [0.2, 0.25) is 0 Å². The van der Waals surface area contributed by atoms with E-state index in [1.807, 2.05) is 36.4 Å². The summed E-state index contributed by atoms with van der Waals surface area (Å²) < 4.78 is 13.5. The van der Waals surface area contributed by atoms with Gasteiger partial charge in [-0.05, 0) is 54.6 Å². The van der Waals surface area contributed by atoms with E-state index in [0.29, 0.717) is 22.3 Å². The van der Waals surface area contributed by atoms with E-state index in [4.69, 9.17) is 0 Å². The van der Waals surface area contributed by atoms with Crippen LogP contribution in [0.3, 0.4) is 0 Å². The Morgan fingerprint density at radius 3 is 2.56 bits per heavy atom. The van der Waals surface area contributed by atoms with E-state index in [9.17, 15) is 9.18 Å². The lowest BCUT2D eigenvalue weighted by Crippen LogP contribution is -2.34. The first-order valence-corrected chi connectivity index (χ1v) is 6.17. The molecule has 0 aliphatic heterocycles. The molecule has 0 radical (unpaired) electrons. The molecule has 1 aromatic carbocycles. The number of nitrogens with zero attached hydrogens (tertiary/aromatic N) is 1. The molecule has 0 spiro atoms. The van der Waals surface area contributed by atoms with Crippen LogP contribution in [0.1, 0.15) is 13.8 Å². The second kappa shape index (κ2) is 6.03. The lowest BCUT2D eigenvalue weighted by atomic mass is 10.3. The topological polar surface area (TPSA) is 32.3 Å². The first-order chi connectivity index (χ1) is 7.58. The third-order valence-electron chi connectivity index (χ3n) is 2.22. The maximum Gasteiger partial charge on any atom is 0.321 e. The predicted octanol–water partition coefficient (Wildman–Crippen LogP) is 3.30. The molecule has 88 valence electrons. The van der Waals surface area contributed by atoms with Crippen LogP contribution in [-0.2, 0) is 0 Å². The Morgan fingerprint density at radius 1 is 1.44 bits per heavy atom. The Balaban J connectivity index is 2.76. The number of hydrogen-bond donors (Lipinski definition) is 1. The number of nitrogens with one attached hydrogen (secondary N) is 1. The van der Waals surface area contributed by atoms with Crippen molar-refractivity contribution in [1.82, 2.24) is 4.90 Å². The maximum absolute atomic E-state index is 12.8. The number of hydrogen-bond acceptors (Lipinski definition) is 1. The molecule has 1 N–H and O–H groups in total. The van der Waals surface area contributed by atoms with Crippen molar-refractivity contribution in [1.29, 1.82) is 0 Å². The molecule has 0 saturated carbocycles. The molecule has 0 bridgehead atoms. The number of rotatable bonds is 3. The van der Waals surface area contributed by atoms with Gasteiger partial charge in [-0.2, -0.15) is 0 Å². The zero-order valence-electron chi connectivity index (χ0n) is 9.26. The minimum atomic E-state index is -0.301. The molecule has 0 aromatic heterocycles. The fourth-order valence-corrected chi connectivity index (χ4v) is 1.91. The van der Waals surface area contributed by atoms with Gasteiger partial charge in [0.1, 0.15) is 5.82 Å². The molecule has 1 rings (SSSR count). The Hall–Kier alpha value is -0.850. The second-order valence-electron chi connectivity index (χ2n) is 3.23. The highest BCUT2D eigenvalue weighted by molar-refractivity contribution is 14.1. The minimum Gasteiger partial charge on any atom is -0.325 e. The van der Waals surface area contributed by atoms with Crippen LogP contribution in [0.4, 0.5) is 14.9 Å². The standard InChI is InChI=1S/C11H14FIN2O/c1-3-15(4-2)11(16)14-10-6-5-8(12)7-9(10)13/h5-7H,3-4H2,1-2H3,(H,14,16). The lowest BCUT2D eigenvalue weighted by Gasteiger charge is -2.19. The van der Waals surface area contributed by atoms with Crippen molar-refractivity contribution in [2.24, 2.45) is 0 Å². The van der Waals surface area contributed by atoms with Crippen molar-refractivity contribution < 1.29 is 9.18 Å². The second-order valence-corrected chi connectivity index (χ2v) is 4.39. The molecule has 3 nitrogen and oxygen atoms in total. The van der Waals surface area contributed by atoms with Crippen molar-refractivity contribution in [3.05, 3.63) is 27.6 Å². The number of anilines is 1. The predicted molar refractivity (Wildman–Crippen MR) is 71.1 cm³/mol. The summed E-state index contributed by atoms with van der Waals surface area (Å²) in [7, 11) is 0. The number of amides is 2. The van der Waals surface area contributed by atoms with Gasteiger partial charge in [0.15, 0.2) is 0 Å². The summed E-state index contributed by atoms with van der Waals surface area (Å²) >= 11 is 1.99. The number of benzene rings is 1. The van der Waals surface area contributed by atoms with E-state index >= 15 is 0 Å². The van der Waals surface area contributed by atoms with Gasteiger partial charge < -0.3 is 10.2 Å². The molecule has 0 heterocycles. The number of carbonyl (C=O) groups excluding carboxylic acids is 1. The van der Waals surface area contributed by atoms with Crippen molar-refractivity contribution >= 4 is 34.3 Å². The SMILES string of the molecule is CCN(CC)C(=O)Nc1ccc(F)cc1I. The molecule has 0 unspecified atom stereocenters. The Bertz CT molecular complexity index is 380. The highest BCUT2D eigenvalue weighted by Gasteiger charge is 2.11. The highest BCUT2D eigenvalue weighted by Crippen LogP contribution is 2.19. The molecule has 5 heteroatoms. The van der Waals surface area contributed by atoms with Crippen LogP contribution in [0.15, 0.2) is 18.2 Å². The van der Waals surface area contributed by atoms with E-state index in [0.717, 1.165) is 0 Å². The summed E-state index contributed by atoms with van der Waals surface area (Å²) in [6.45, 7) is 5.14. The van der Waals surface area contributed by atoms with Gasteiger partial charge in [0.05, 0.1) is 5.69 Å². The minimum absolute atomic E-state index is 0.158. The average molecular weight is 336 g/mol. The zero-order chi connectivity index (χ0) is 12.1. The smallest absolute Gasteiger partial charge is 0.321 e. The number of urea groups is 1. The van der Waals surface area contributed by atoms with Gasteiger partial charge in [-0.25, -0.2) is 9.18 Å². The molecule has 0 aliphatic carbocycles. The first-order valence-electron chi connectivity index (χ1n) is 5.09. The monoisotopic (exact) mass is 336 g/mol. The van der Waals surface area contributed by atoms with Crippen LogP contribution in [-0.4, -0.2) is 24.0 Å². The molecule has 1 aromatic rings. The Labute approximate surface area is 108 Å². The van der Waals surface area contributed by atoms with Gasteiger partial charge in [-0.15, -0.1) is 0 Å². The molecule has 0 aliphatic rings. The highest BCUT2D eigenvalue weighted by atomic mass is 127. The van der Waals surface area contributed by atoms with Gasteiger partial charge in [-0.1, -0.05) is 0 Å². The fraction of sp³-hybridized carbons (Fsp3) is 0.364. The first kappa shape index (κ1) is 13.2. The van der Waals surface area contributed by atoms with E-state index < -0.39 is 0 Å². The molecular formula is C11H14FIN2O. The summed E-state index contributed by atoms with van der Waals surface area (Å²) in [6.07, 6.45) is 0. The van der Waals surface area contributed by atoms with Crippen LogP contribution in [0.25, 0.3) is 0 Å². The van der Waals surface area contributed by atoms with Crippen LogP contribution >= 0.6 is 22.6 Å². The van der Waals surface area contributed by atoms with Crippen molar-refractivity contribution in [2.75, 3.05) is 18.4 Å². The molecule has 16 heavy (non-hydrogen) atoms. The normalized spacial score (nSPS) is 10.0. The van der Waals surface area contributed by atoms with Crippen molar-refractivity contribution in [2.45, 2.75) is 13.8 Å². The van der Waals surface area contributed by atoms with E-state index in [2.05, 4.69) is 5.32 Å². The fourth-order valence-electron chi connectivity index (χ4n) is 1.30. The third kappa shape index (κ3) is 3.33. The van der Waals surface area contributed by atoms with Crippen LogP contribution < -0.4 is 5.32 Å². The molecule has 0 fully saturated rings. The number of halogens is 2. The zero-order valence-corrected chi connectivity index (χ0v) is 11.4. The van der Waals surface area contributed by atoms with E-state index in [1.165, 1.54) is 12.1 Å². The summed E-state index contributed by atoms with van der Waals surface area (Å²) in [6, 6.07) is 4.13. The van der Waals surface area contributed by atoms with Crippen molar-refractivity contribution in [3.63, 3.8) is 0 Å². The number of carbonyl (C=O) groups is 1. The Kier molecular flexibility index (Phi) is 4.98. The summed E-state index contributed by atoms with van der Waals surface area (Å²) in [5.41, 5.74) is 0.638. The van der Waals surface area contributed by atoms with Gasteiger partial charge in [0.25, 0.3) is 0 Å². The molecule has 0 atom stereocenters. The van der Waals surface area contributed by atoms with E-state index in [1.54, 1.807) is 11.0 Å². The molecule has 0 saturated heterocycles. The average Bonchev–Trinajstić information content (AvgIpc) is 2.24. The van der Waals surface area contributed by atoms with Crippen LogP contribution in [0, 0.1) is 9.39 Å². The quantitative estimate of drug-likeness (QED) is 0.844. The Morgan fingerprint density at radius 2 is 2.06 bits per heavy atom.